The lowest BCUT2D eigenvalue weighted by Crippen LogP contribution is -2.35. The van der Waals surface area contributed by atoms with Crippen LogP contribution in [0, 0.1) is 5.92 Å². The number of rotatable bonds is 5. The fourth-order valence-electron chi connectivity index (χ4n) is 3.76. The Morgan fingerprint density at radius 1 is 1.25 bits per heavy atom. The number of aryl methyl sites for hydroxylation is 1. The van der Waals surface area contributed by atoms with Crippen LogP contribution in [-0.2, 0) is 13.6 Å². The van der Waals surface area contributed by atoms with Crippen LogP contribution in [0.2, 0.25) is 0 Å². The Morgan fingerprint density at radius 3 is 2.67 bits per heavy atom. The van der Waals surface area contributed by atoms with E-state index in [2.05, 4.69) is 21.1 Å². The second kappa shape index (κ2) is 6.94. The Balaban J connectivity index is 1.29. The Morgan fingerprint density at radius 2 is 2.04 bits per heavy atom. The van der Waals surface area contributed by atoms with Gasteiger partial charge in [-0.25, -0.2) is 9.97 Å². The van der Waals surface area contributed by atoms with E-state index in [-0.39, 0.29) is 0 Å². The Labute approximate surface area is 147 Å². The van der Waals surface area contributed by atoms with Crippen molar-refractivity contribution in [2.45, 2.75) is 50.7 Å². The predicted octanol–water partition coefficient (Wildman–Crippen LogP) is 3.09. The van der Waals surface area contributed by atoms with Crippen molar-refractivity contribution >= 4 is 11.3 Å². The molecule has 6 heteroatoms. The maximum Gasteiger partial charge on any atom is 0.137 e. The van der Waals surface area contributed by atoms with E-state index in [1.54, 1.807) is 6.20 Å². The Hall–Kier alpha value is -1.24. The van der Waals surface area contributed by atoms with Gasteiger partial charge in [-0.1, -0.05) is 6.42 Å². The molecule has 1 atom stereocenters. The van der Waals surface area contributed by atoms with Crippen molar-refractivity contribution < 1.29 is 5.11 Å². The summed E-state index contributed by atoms with van der Waals surface area (Å²) in [5.74, 6) is 1.85. The molecule has 2 aromatic heterocycles. The molecule has 0 radical (unpaired) electrons. The fourth-order valence-corrected chi connectivity index (χ4v) is 4.89. The van der Waals surface area contributed by atoms with Crippen LogP contribution in [0.4, 0.5) is 0 Å². The quantitative estimate of drug-likeness (QED) is 0.904. The summed E-state index contributed by atoms with van der Waals surface area (Å²) in [5.41, 5.74) is 0. The highest BCUT2D eigenvalue weighted by molar-refractivity contribution is 7.11. The minimum atomic E-state index is -0.444. The van der Waals surface area contributed by atoms with Crippen LogP contribution < -0.4 is 0 Å². The molecule has 2 aliphatic rings. The third-order valence-corrected chi connectivity index (χ3v) is 6.75. The summed E-state index contributed by atoms with van der Waals surface area (Å²) in [6, 6.07) is 0. The highest BCUT2D eigenvalue weighted by atomic mass is 32.1. The summed E-state index contributed by atoms with van der Waals surface area (Å²) in [7, 11) is 1.95. The van der Waals surface area contributed by atoms with Gasteiger partial charge >= 0.3 is 0 Å². The molecule has 1 saturated heterocycles. The van der Waals surface area contributed by atoms with E-state index < -0.39 is 6.10 Å². The van der Waals surface area contributed by atoms with E-state index in [1.807, 2.05) is 29.1 Å². The summed E-state index contributed by atoms with van der Waals surface area (Å²) < 4.78 is 1.93. The van der Waals surface area contributed by atoms with Crippen LogP contribution in [-0.4, -0.2) is 37.6 Å². The third kappa shape index (κ3) is 3.27. The van der Waals surface area contributed by atoms with Crippen molar-refractivity contribution in [1.82, 2.24) is 19.4 Å². The fraction of sp³-hybridized carbons (Fsp3) is 0.667. The number of imidazole rings is 1. The number of nitrogens with zero attached hydrogens (tertiary/aromatic N) is 4. The molecule has 1 aliphatic heterocycles. The zero-order chi connectivity index (χ0) is 16.5. The average molecular weight is 347 g/mol. The minimum absolute atomic E-state index is 0.314. The van der Waals surface area contributed by atoms with Crippen molar-refractivity contribution in [3.8, 4) is 0 Å². The molecule has 130 valence electrons. The van der Waals surface area contributed by atoms with Gasteiger partial charge in [-0.2, -0.15) is 0 Å². The molecule has 0 spiro atoms. The highest BCUT2D eigenvalue weighted by Crippen LogP contribution is 2.38. The van der Waals surface area contributed by atoms with Crippen molar-refractivity contribution in [2.24, 2.45) is 13.0 Å². The van der Waals surface area contributed by atoms with Gasteiger partial charge in [0, 0.05) is 43.0 Å². The Kier molecular flexibility index (Phi) is 4.70. The normalized spacial score (nSPS) is 21.8. The topological polar surface area (TPSA) is 54.2 Å². The molecular weight excluding hydrogens is 320 g/mol. The molecule has 2 aromatic rings. The zero-order valence-electron chi connectivity index (χ0n) is 14.3. The standard InChI is InChI=1S/C18H26N4OS/c1-21-10-7-19-17(21)16(23)13-5-8-22(9-6-13)12-15-11-20-18(24-15)14-3-2-4-14/h7,10-11,13-14,16,23H,2-6,8-9,12H2,1H3. The summed E-state index contributed by atoms with van der Waals surface area (Å²) in [5, 5.41) is 11.9. The number of piperidine rings is 1. The maximum absolute atomic E-state index is 10.6. The van der Waals surface area contributed by atoms with Gasteiger partial charge in [0.15, 0.2) is 0 Å². The third-order valence-electron chi connectivity index (χ3n) is 5.61. The highest BCUT2D eigenvalue weighted by Gasteiger charge is 2.29. The molecule has 1 unspecified atom stereocenters. The first-order valence-corrected chi connectivity index (χ1v) is 9.84. The summed E-state index contributed by atoms with van der Waals surface area (Å²) >= 11 is 1.90. The van der Waals surface area contributed by atoms with Crippen molar-refractivity contribution in [2.75, 3.05) is 13.1 Å². The number of hydrogen-bond donors (Lipinski definition) is 1. The number of aromatic nitrogens is 3. The molecule has 0 bridgehead atoms. The van der Waals surface area contributed by atoms with Gasteiger partial charge in [0.2, 0.25) is 0 Å². The van der Waals surface area contributed by atoms with Gasteiger partial charge in [0.05, 0.1) is 5.01 Å². The van der Waals surface area contributed by atoms with Gasteiger partial charge in [-0.15, -0.1) is 11.3 Å². The van der Waals surface area contributed by atoms with Gasteiger partial charge in [0.25, 0.3) is 0 Å². The van der Waals surface area contributed by atoms with Crippen LogP contribution >= 0.6 is 11.3 Å². The zero-order valence-corrected chi connectivity index (χ0v) is 15.1. The lowest BCUT2D eigenvalue weighted by Gasteiger charge is -2.33. The van der Waals surface area contributed by atoms with Crippen LogP contribution in [0.3, 0.4) is 0 Å². The van der Waals surface area contributed by atoms with Crippen LogP contribution in [0.1, 0.15) is 59.8 Å². The van der Waals surface area contributed by atoms with Gasteiger partial charge in [-0.3, -0.25) is 4.90 Å². The van der Waals surface area contributed by atoms with E-state index in [0.717, 1.165) is 44.2 Å². The summed E-state index contributed by atoms with van der Waals surface area (Å²) in [4.78, 5) is 12.8. The van der Waals surface area contributed by atoms with Gasteiger partial charge < -0.3 is 9.67 Å². The van der Waals surface area contributed by atoms with Gasteiger partial charge in [-0.05, 0) is 44.7 Å². The predicted molar refractivity (Wildman–Crippen MR) is 94.9 cm³/mol. The van der Waals surface area contributed by atoms with E-state index in [4.69, 9.17) is 0 Å². The monoisotopic (exact) mass is 346 g/mol. The molecule has 1 aliphatic carbocycles. The van der Waals surface area contributed by atoms with Crippen LogP contribution in [0.25, 0.3) is 0 Å². The van der Waals surface area contributed by atoms with E-state index in [9.17, 15) is 5.11 Å². The first-order valence-electron chi connectivity index (χ1n) is 9.03. The van der Waals surface area contributed by atoms with E-state index in [1.165, 1.54) is 29.1 Å². The van der Waals surface area contributed by atoms with Crippen LogP contribution in [0.15, 0.2) is 18.6 Å². The lowest BCUT2D eigenvalue weighted by atomic mass is 9.86. The molecule has 0 aromatic carbocycles. The first kappa shape index (κ1) is 16.2. The molecule has 2 fully saturated rings. The Bertz CT molecular complexity index is 670. The average Bonchev–Trinajstić information content (AvgIpc) is 3.15. The number of likely N-dealkylation sites (tertiary alicyclic amines) is 1. The first-order chi connectivity index (χ1) is 11.7. The van der Waals surface area contributed by atoms with Crippen LogP contribution in [0.5, 0.6) is 0 Å². The number of thiazole rings is 1. The second-order valence-corrected chi connectivity index (χ2v) is 8.39. The van der Waals surface area contributed by atoms with Gasteiger partial charge in [0.1, 0.15) is 11.9 Å². The lowest BCUT2D eigenvalue weighted by molar-refractivity contribution is 0.0494. The van der Waals surface area contributed by atoms with Crippen molar-refractivity contribution in [3.05, 3.63) is 34.3 Å². The summed E-state index contributed by atoms with van der Waals surface area (Å²) in [6.45, 7) is 3.10. The smallest absolute Gasteiger partial charge is 0.137 e. The molecule has 4 rings (SSSR count). The number of aliphatic hydroxyl groups is 1. The van der Waals surface area contributed by atoms with E-state index >= 15 is 0 Å². The molecule has 3 heterocycles. The maximum atomic E-state index is 10.6. The second-order valence-electron chi connectivity index (χ2n) is 7.25. The number of hydrogen-bond acceptors (Lipinski definition) is 5. The molecule has 1 N–H and O–H groups in total. The molecule has 1 saturated carbocycles. The molecule has 24 heavy (non-hydrogen) atoms. The van der Waals surface area contributed by atoms with E-state index in [0.29, 0.717) is 5.92 Å². The van der Waals surface area contributed by atoms with Crippen molar-refractivity contribution in [1.29, 1.82) is 0 Å². The number of aliphatic hydroxyl groups excluding tert-OH is 1. The molecular formula is C18H26N4OS. The summed E-state index contributed by atoms with van der Waals surface area (Å²) in [6.07, 6.45) is 11.4. The minimum Gasteiger partial charge on any atom is -0.385 e. The molecule has 0 amide bonds. The SMILES string of the molecule is Cn1ccnc1C(O)C1CCN(Cc2cnc(C3CCC3)s2)CC1. The largest absolute Gasteiger partial charge is 0.385 e. The van der Waals surface area contributed by atoms with Crippen molar-refractivity contribution in [3.63, 3.8) is 0 Å². The molecule has 5 nitrogen and oxygen atoms in total.